The summed E-state index contributed by atoms with van der Waals surface area (Å²) in [5.74, 6) is 0.167. The van der Waals surface area contributed by atoms with Crippen LogP contribution in [0.15, 0.2) is 30.3 Å². The second kappa shape index (κ2) is 7.07. The summed E-state index contributed by atoms with van der Waals surface area (Å²) in [4.78, 5) is 11.5. The Morgan fingerprint density at radius 3 is 2.35 bits per heavy atom. The van der Waals surface area contributed by atoms with Crippen molar-refractivity contribution >= 4 is 11.5 Å². The van der Waals surface area contributed by atoms with Gasteiger partial charge in [-0.05, 0) is 45.2 Å². The lowest BCUT2D eigenvalue weighted by atomic mass is 10.1. The zero-order valence-electron chi connectivity index (χ0n) is 10.6. The van der Waals surface area contributed by atoms with Crippen LogP contribution in [0.4, 0.5) is 5.69 Å². The van der Waals surface area contributed by atoms with Crippen LogP contribution in [0.5, 0.6) is 0 Å². The Balaban J connectivity index is 0.000000317. The van der Waals surface area contributed by atoms with Crippen LogP contribution in [0.3, 0.4) is 0 Å². The van der Waals surface area contributed by atoms with Gasteiger partial charge in [0.15, 0.2) is 0 Å². The smallest absolute Gasteiger partial charge is 0.126 e. The van der Waals surface area contributed by atoms with E-state index in [0.29, 0.717) is 0 Å². The fourth-order valence-corrected chi connectivity index (χ4v) is 1.83. The molecule has 1 atom stereocenters. The molecule has 1 aliphatic heterocycles. The van der Waals surface area contributed by atoms with Crippen molar-refractivity contribution in [1.29, 1.82) is 0 Å². The number of aliphatic hydroxyl groups excluding tert-OH is 1. The highest BCUT2D eigenvalue weighted by Gasteiger charge is 2.19. The summed E-state index contributed by atoms with van der Waals surface area (Å²) in [6.45, 7) is 4.03. The zero-order chi connectivity index (χ0) is 12.7. The van der Waals surface area contributed by atoms with Gasteiger partial charge >= 0.3 is 0 Å². The second-order valence-corrected chi connectivity index (χ2v) is 4.41. The number of aliphatic hydroxyl groups is 1. The number of hydrogen-bond donors (Lipinski definition) is 1. The summed E-state index contributed by atoms with van der Waals surface area (Å²) >= 11 is 0. The van der Waals surface area contributed by atoms with Gasteiger partial charge in [-0.2, -0.15) is 0 Å². The number of hydrogen-bond acceptors (Lipinski definition) is 3. The number of rotatable bonds is 1. The first kappa shape index (κ1) is 13.7. The summed E-state index contributed by atoms with van der Waals surface area (Å²) < 4.78 is 0. The highest BCUT2D eigenvalue weighted by molar-refractivity contribution is 5.72. The number of benzene rings is 1. The molecule has 1 fully saturated rings. The number of carbonyl (C=O) groups excluding carboxylic acids is 1. The maximum Gasteiger partial charge on any atom is 0.126 e. The lowest BCUT2D eigenvalue weighted by Crippen LogP contribution is -2.39. The molecule has 2 rings (SSSR count). The Bertz CT molecular complexity index is 333. The molecule has 1 unspecified atom stereocenters. The third-order valence-electron chi connectivity index (χ3n) is 2.56. The van der Waals surface area contributed by atoms with Gasteiger partial charge in [0.1, 0.15) is 12.0 Å². The average molecular weight is 235 g/mol. The molecule has 0 radical (unpaired) electrons. The Morgan fingerprint density at radius 2 is 1.82 bits per heavy atom. The molecule has 1 aliphatic rings. The van der Waals surface area contributed by atoms with Crippen LogP contribution in [0.2, 0.25) is 0 Å². The number of anilines is 1. The normalized spacial score (nSPS) is 19.2. The van der Waals surface area contributed by atoms with Crippen LogP contribution in [-0.2, 0) is 4.79 Å². The van der Waals surface area contributed by atoms with Crippen molar-refractivity contribution in [2.45, 2.75) is 39.3 Å². The number of para-hydroxylation sites is 1. The van der Waals surface area contributed by atoms with Crippen molar-refractivity contribution in [3.63, 3.8) is 0 Å². The highest BCUT2D eigenvalue weighted by Crippen LogP contribution is 2.22. The van der Waals surface area contributed by atoms with Gasteiger partial charge in [-0.15, -0.1) is 0 Å². The summed E-state index contributed by atoms with van der Waals surface area (Å²) in [6, 6.07) is 10.1. The van der Waals surface area contributed by atoms with Crippen LogP contribution >= 0.6 is 0 Å². The molecule has 0 aromatic heterocycles. The van der Waals surface area contributed by atoms with Crippen LogP contribution in [0, 0.1) is 0 Å². The first-order valence-electron chi connectivity index (χ1n) is 6.08. The summed E-state index contributed by atoms with van der Waals surface area (Å²) in [5, 5.41) is 9.75. The van der Waals surface area contributed by atoms with Crippen molar-refractivity contribution in [3.05, 3.63) is 30.3 Å². The van der Waals surface area contributed by atoms with E-state index >= 15 is 0 Å². The molecule has 0 spiro atoms. The van der Waals surface area contributed by atoms with E-state index in [2.05, 4.69) is 17.0 Å². The number of piperidine rings is 1. The van der Waals surface area contributed by atoms with Crippen LogP contribution in [0.25, 0.3) is 0 Å². The van der Waals surface area contributed by atoms with Crippen LogP contribution in [-0.4, -0.2) is 23.7 Å². The van der Waals surface area contributed by atoms with E-state index in [1.807, 2.05) is 18.2 Å². The third kappa shape index (κ3) is 5.00. The third-order valence-corrected chi connectivity index (χ3v) is 2.56. The minimum atomic E-state index is -0.281. The maximum absolute atomic E-state index is 9.75. The SMILES string of the molecule is CC(C)=O.OC1CCCCN1c1ccccc1. The first-order chi connectivity index (χ1) is 8.11. The second-order valence-electron chi connectivity index (χ2n) is 4.41. The summed E-state index contributed by atoms with van der Waals surface area (Å²) in [5.41, 5.74) is 1.13. The molecule has 1 aromatic carbocycles. The molecular weight excluding hydrogens is 214 g/mol. The van der Waals surface area contributed by atoms with E-state index in [1.165, 1.54) is 20.3 Å². The van der Waals surface area contributed by atoms with E-state index in [4.69, 9.17) is 0 Å². The molecule has 1 aromatic rings. The Kier molecular flexibility index (Phi) is 5.70. The molecule has 0 saturated carbocycles. The van der Waals surface area contributed by atoms with Crippen molar-refractivity contribution in [2.24, 2.45) is 0 Å². The minimum Gasteiger partial charge on any atom is -0.374 e. The van der Waals surface area contributed by atoms with E-state index in [1.54, 1.807) is 0 Å². The molecule has 0 bridgehead atoms. The standard InChI is InChI=1S/C11H15NO.C3H6O/c13-11-8-4-5-9-12(11)10-6-2-1-3-7-10;1-3(2)4/h1-3,6-7,11,13H,4-5,8-9H2;1-2H3. The Hall–Kier alpha value is -1.35. The molecule has 1 heterocycles. The fourth-order valence-electron chi connectivity index (χ4n) is 1.83. The summed E-state index contributed by atoms with van der Waals surface area (Å²) in [7, 11) is 0. The van der Waals surface area contributed by atoms with Gasteiger partial charge in [0.05, 0.1) is 0 Å². The quantitative estimate of drug-likeness (QED) is 0.813. The maximum atomic E-state index is 9.75. The van der Waals surface area contributed by atoms with E-state index in [-0.39, 0.29) is 12.0 Å². The largest absolute Gasteiger partial charge is 0.374 e. The number of Topliss-reactive ketones (excluding diaryl/α,β-unsaturated/α-hetero) is 1. The number of carbonyl (C=O) groups is 1. The monoisotopic (exact) mass is 235 g/mol. The zero-order valence-corrected chi connectivity index (χ0v) is 10.6. The lowest BCUT2D eigenvalue weighted by molar-refractivity contribution is -0.114. The van der Waals surface area contributed by atoms with Gasteiger partial charge < -0.3 is 14.8 Å². The summed E-state index contributed by atoms with van der Waals surface area (Å²) in [6.07, 6.45) is 2.95. The molecular formula is C14H21NO2. The van der Waals surface area contributed by atoms with Gasteiger partial charge in [-0.3, -0.25) is 0 Å². The molecule has 1 saturated heterocycles. The highest BCUT2D eigenvalue weighted by atomic mass is 16.3. The lowest BCUT2D eigenvalue weighted by Gasteiger charge is -2.33. The molecule has 0 amide bonds. The molecule has 3 heteroatoms. The van der Waals surface area contributed by atoms with E-state index in [0.717, 1.165) is 25.1 Å². The van der Waals surface area contributed by atoms with Crippen molar-refractivity contribution in [1.82, 2.24) is 0 Å². The van der Waals surface area contributed by atoms with Crippen molar-refractivity contribution in [2.75, 3.05) is 11.4 Å². The van der Waals surface area contributed by atoms with Crippen LogP contribution in [0.1, 0.15) is 33.1 Å². The van der Waals surface area contributed by atoms with E-state index < -0.39 is 0 Å². The molecule has 94 valence electrons. The van der Waals surface area contributed by atoms with Crippen molar-refractivity contribution < 1.29 is 9.90 Å². The minimum absolute atomic E-state index is 0.167. The van der Waals surface area contributed by atoms with E-state index in [9.17, 15) is 9.90 Å². The fraction of sp³-hybridized carbons (Fsp3) is 0.500. The van der Waals surface area contributed by atoms with Crippen LogP contribution < -0.4 is 4.90 Å². The van der Waals surface area contributed by atoms with Gasteiger partial charge in [0.2, 0.25) is 0 Å². The Morgan fingerprint density at radius 1 is 1.24 bits per heavy atom. The van der Waals surface area contributed by atoms with Gasteiger partial charge in [-0.1, -0.05) is 18.2 Å². The Labute approximate surface area is 103 Å². The van der Waals surface area contributed by atoms with Gasteiger partial charge in [-0.25, -0.2) is 0 Å². The molecule has 17 heavy (non-hydrogen) atoms. The van der Waals surface area contributed by atoms with Gasteiger partial charge in [0.25, 0.3) is 0 Å². The van der Waals surface area contributed by atoms with Crippen molar-refractivity contribution in [3.8, 4) is 0 Å². The predicted octanol–water partition coefficient (Wildman–Crippen LogP) is 2.59. The topological polar surface area (TPSA) is 40.5 Å². The molecule has 0 aliphatic carbocycles. The average Bonchev–Trinajstić information content (AvgIpc) is 2.30. The first-order valence-corrected chi connectivity index (χ1v) is 6.08. The van der Waals surface area contributed by atoms with Gasteiger partial charge in [0, 0.05) is 12.2 Å². The number of ketones is 1. The molecule has 1 N–H and O–H groups in total. The molecule has 3 nitrogen and oxygen atoms in total. The predicted molar refractivity (Wildman–Crippen MR) is 70.0 cm³/mol. The number of nitrogens with zero attached hydrogens (tertiary/aromatic N) is 1.